The summed E-state index contributed by atoms with van der Waals surface area (Å²) in [6.07, 6.45) is 0. The van der Waals surface area contributed by atoms with E-state index in [4.69, 9.17) is 9.26 Å². The standard InChI is InChI=1S/C17H24N4O2/c1-3-20-9-11-21(12-10-20)13-16-18-17(19-23-16)14-5-7-15(8-6-14)22-4-2/h5-8H,3-4,9-13H2,1-2H3. The van der Waals surface area contributed by atoms with Crippen molar-refractivity contribution in [2.24, 2.45) is 0 Å². The van der Waals surface area contributed by atoms with Crippen molar-refractivity contribution in [3.63, 3.8) is 0 Å². The lowest BCUT2D eigenvalue weighted by molar-refractivity contribution is 0.121. The van der Waals surface area contributed by atoms with Gasteiger partial charge in [0.05, 0.1) is 13.2 Å². The SMILES string of the molecule is CCOc1ccc(-c2noc(CN3CCN(CC)CC3)n2)cc1. The number of likely N-dealkylation sites (N-methyl/N-ethyl adjacent to an activating group) is 1. The number of rotatable bonds is 6. The minimum Gasteiger partial charge on any atom is -0.494 e. The van der Waals surface area contributed by atoms with E-state index in [1.54, 1.807) is 0 Å². The second kappa shape index (κ2) is 7.57. The van der Waals surface area contributed by atoms with Gasteiger partial charge in [-0.25, -0.2) is 0 Å². The molecule has 1 saturated heterocycles. The first-order valence-corrected chi connectivity index (χ1v) is 8.29. The summed E-state index contributed by atoms with van der Waals surface area (Å²) >= 11 is 0. The van der Waals surface area contributed by atoms with Crippen LogP contribution in [0.3, 0.4) is 0 Å². The average Bonchev–Trinajstić information content (AvgIpc) is 3.05. The normalized spacial score (nSPS) is 16.6. The number of aromatic nitrogens is 2. The molecule has 1 aliphatic rings. The van der Waals surface area contributed by atoms with E-state index < -0.39 is 0 Å². The molecule has 2 aromatic rings. The molecule has 0 aliphatic carbocycles. The molecule has 0 amide bonds. The van der Waals surface area contributed by atoms with Gasteiger partial charge >= 0.3 is 0 Å². The molecule has 0 radical (unpaired) electrons. The maximum absolute atomic E-state index is 5.45. The van der Waals surface area contributed by atoms with Crippen molar-refractivity contribution in [3.05, 3.63) is 30.2 Å². The van der Waals surface area contributed by atoms with Crippen LogP contribution in [0.2, 0.25) is 0 Å². The number of hydrogen-bond acceptors (Lipinski definition) is 6. The first-order valence-electron chi connectivity index (χ1n) is 8.29. The molecule has 2 heterocycles. The Morgan fingerprint density at radius 2 is 1.74 bits per heavy atom. The van der Waals surface area contributed by atoms with Crippen LogP contribution < -0.4 is 4.74 Å². The minimum absolute atomic E-state index is 0.634. The van der Waals surface area contributed by atoms with Crippen LogP contribution >= 0.6 is 0 Å². The van der Waals surface area contributed by atoms with Gasteiger partial charge in [0.25, 0.3) is 0 Å². The Bertz CT molecular complexity index is 603. The number of hydrogen-bond donors (Lipinski definition) is 0. The molecule has 1 aliphatic heterocycles. The van der Waals surface area contributed by atoms with Gasteiger partial charge in [-0.1, -0.05) is 12.1 Å². The molecule has 6 nitrogen and oxygen atoms in total. The third-order valence-corrected chi connectivity index (χ3v) is 4.16. The van der Waals surface area contributed by atoms with Crippen LogP contribution in [0.4, 0.5) is 0 Å². The Kier molecular flexibility index (Phi) is 5.25. The predicted octanol–water partition coefficient (Wildman–Crippen LogP) is 2.27. The molecule has 6 heteroatoms. The number of nitrogens with zero attached hydrogens (tertiary/aromatic N) is 4. The summed E-state index contributed by atoms with van der Waals surface area (Å²) in [4.78, 5) is 9.33. The topological polar surface area (TPSA) is 54.6 Å². The lowest BCUT2D eigenvalue weighted by Gasteiger charge is -2.33. The molecule has 0 spiro atoms. The maximum Gasteiger partial charge on any atom is 0.241 e. The van der Waals surface area contributed by atoms with E-state index in [9.17, 15) is 0 Å². The molecule has 0 unspecified atom stereocenters. The summed E-state index contributed by atoms with van der Waals surface area (Å²) in [6, 6.07) is 7.77. The van der Waals surface area contributed by atoms with Crippen LogP contribution in [-0.4, -0.2) is 59.3 Å². The molecule has 3 rings (SSSR count). The second-order valence-corrected chi connectivity index (χ2v) is 5.68. The largest absolute Gasteiger partial charge is 0.494 e. The molecule has 1 aromatic carbocycles. The van der Waals surface area contributed by atoms with Gasteiger partial charge in [-0.15, -0.1) is 0 Å². The van der Waals surface area contributed by atoms with Crippen LogP contribution in [0.25, 0.3) is 11.4 Å². The van der Waals surface area contributed by atoms with Crippen LogP contribution in [0, 0.1) is 0 Å². The summed E-state index contributed by atoms with van der Waals surface area (Å²) in [5, 5.41) is 4.09. The smallest absolute Gasteiger partial charge is 0.241 e. The van der Waals surface area contributed by atoms with Crippen LogP contribution in [0.1, 0.15) is 19.7 Å². The Labute approximate surface area is 137 Å². The monoisotopic (exact) mass is 316 g/mol. The summed E-state index contributed by atoms with van der Waals surface area (Å²) in [5.74, 6) is 2.17. The van der Waals surface area contributed by atoms with E-state index in [1.165, 1.54) is 0 Å². The van der Waals surface area contributed by atoms with Gasteiger partial charge in [0.1, 0.15) is 5.75 Å². The van der Waals surface area contributed by atoms with E-state index >= 15 is 0 Å². The Morgan fingerprint density at radius 1 is 1.04 bits per heavy atom. The second-order valence-electron chi connectivity index (χ2n) is 5.68. The summed E-state index contributed by atoms with van der Waals surface area (Å²) in [7, 11) is 0. The van der Waals surface area contributed by atoms with Gasteiger partial charge in [-0.3, -0.25) is 4.90 Å². The van der Waals surface area contributed by atoms with Crippen molar-refractivity contribution in [3.8, 4) is 17.1 Å². The maximum atomic E-state index is 5.45. The Morgan fingerprint density at radius 3 is 2.39 bits per heavy atom. The molecule has 0 bridgehead atoms. The highest BCUT2D eigenvalue weighted by Gasteiger charge is 2.18. The fraction of sp³-hybridized carbons (Fsp3) is 0.529. The highest BCUT2D eigenvalue weighted by atomic mass is 16.5. The molecule has 0 atom stereocenters. The average molecular weight is 316 g/mol. The Hall–Kier alpha value is -1.92. The van der Waals surface area contributed by atoms with Crippen molar-refractivity contribution < 1.29 is 9.26 Å². The highest BCUT2D eigenvalue weighted by molar-refractivity contribution is 5.55. The first-order chi connectivity index (χ1) is 11.3. The highest BCUT2D eigenvalue weighted by Crippen LogP contribution is 2.20. The lowest BCUT2D eigenvalue weighted by atomic mass is 10.2. The molecular formula is C17H24N4O2. The zero-order valence-corrected chi connectivity index (χ0v) is 13.9. The summed E-state index contributed by atoms with van der Waals surface area (Å²) in [5.41, 5.74) is 0.944. The molecule has 1 aromatic heterocycles. The third kappa shape index (κ3) is 4.09. The van der Waals surface area contributed by atoms with Crippen molar-refractivity contribution in [2.45, 2.75) is 20.4 Å². The first kappa shape index (κ1) is 16.0. The van der Waals surface area contributed by atoms with Crippen LogP contribution in [0.15, 0.2) is 28.8 Å². The van der Waals surface area contributed by atoms with Crippen molar-refractivity contribution in [1.29, 1.82) is 0 Å². The van der Waals surface area contributed by atoms with Gasteiger partial charge in [0, 0.05) is 31.7 Å². The van der Waals surface area contributed by atoms with E-state index in [0.29, 0.717) is 18.3 Å². The minimum atomic E-state index is 0.634. The molecule has 0 N–H and O–H groups in total. The van der Waals surface area contributed by atoms with Crippen LogP contribution in [0.5, 0.6) is 5.75 Å². The van der Waals surface area contributed by atoms with Crippen molar-refractivity contribution in [1.82, 2.24) is 19.9 Å². The zero-order valence-electron chi connectivity index (χ0n) is 13.9. The molecular weight excluding hydrogens is 292 g/mol. The van der Waals surface area contributed by atoms with E-state index in [1.807, 2.05) is 31.2 Å². The molecule has 124 valence electrons. The van der Waals surface area contributed by atoms with Gasteiger partial charge in [-0.2, -0.15) is 4.98 Å². The van der Waals surface area contributed by atoms with Crippen molar-refractivity contribution >= 4 is 0 Å². The Balaban J connectivity index is 1.59. The van der Waals surface area contributed by atoms with Gasteiger partial charge in [0.15, 0.2) is 0 Å². The third-order valence-electron chi connectivity index (χ3n) is 4.16. The fourth-order valence-corrected chi connectivity index (χ4v) is 2.76. The van der Waals surface area contributed by atoms with Gasteiger partial charge in [-0.05, 0) is 37.7 Å². The molecule has 23 heavy (non-hydrogen) atoms. The summed E-state index contributed by atoms with van der Waals surface area (Å²) < 4.78 is 10.9. The number of benzene rings is 1. The van der Waals surface area contributed by atoms with E-state index in [0.717, 1.165) is 50.6 Å². The predicted molar refractivity (Wildman–Crippen MR) is 88.3 cm³/mol. The van der Waals surface area contributed by atoms with Crippen molar-refractivity contribution in [2.75, 3.05) is 39.3 Å². The molecule has 0 saturated carbocycles. The van der Waals surface area contributed by atoms with Gasteiger partial charge < -0.3 is 14.2 Å². The quantitative estimate of drug-likeness (QED) is 0.815. The molecule has 1 fully saturated rings. The van der Waals surface area contributed by atoms with E-state index in [2.05, 4.69) is 26.9 Å². The van der Waals surface area contributed by atoms with Crippen LogP contribution in [-0.2, 0) is 6.54 Å². The number of ether oxygens (including phenoxy) is 1. The number of piperazine rings is 1. The zero-order chi connectivity index (χ0) is 16.1. The lowest BCUT2D eigenvalue weighted by Crippen LogP contribution is -2.45. The van der Waals surface area contributed by atoms with Gasteiger partial charge in [0.2, 0.25) is 11.7 Å². The fourth-order valence-electron chi connectivity index (χ4n) is 2.76. The summed E-state index contributed by atoms with van der Waals surface area (Å²) in [6.45, 7) is 11.0. The van der Waals surface area contributed by atoms with E-state index in [-0.39, 0.29) is 0 Å².